The second kappa shape index (κ2) is 13.1. The Morgan fingerprint density at radius 2 is 1.44 bits per heavy atom. The van der Waals surface area contributed by atoms with Gasteiger partial charge in [0.25, 0.3) is 0 Å². The molecule has 32 heavy (non-hydrogen) atoms. The lowest BCUT2D eigenvalue weighted by Crippen LogP contribution is -2.57. The Hall–Kier alpha value is -3.47. The van der Waals surface area contributed by atoms with E-state index in [0.717, 1.165) is 0 Å². The molecule has 1 aromatic carbocycles. The summed E-state index contributed by atoms with van der Waals surface area (Å²) in [6.45, 7) is 3.29. The van der Waals surface area contributed by atoms with Gasteiger partial charge in [-0.05, 0) is 17.9 Å². The standard InChI is InChI=1S/C21H30N4O7/c1-12(2)8-14(23-17(26)11-22)19(29)24-15(10-18(27)28)20(30)25-16(21(31)32)9-13-6-4-3-5-7-13/h3-7,12,14-16H,8-11,22H2,1-2H3,(H,23,26)(H,24,29)(H,25,30)(H,27,28)(H,31,32). The van der Waals surface area contributed by atoms with Gasteiger partial charge in [-0.3, -0.25) is 19.2 Å². The lowest BCUT2D eigenvalue weighted by Gasteiger charge is -2.24. The third-order valence-corrected chi connectivity index (χ3v) is 4.45. The number of carbonyl (C=O) groups is 5. The molecule has 0 aliphatic heterocycles. The number of nitrogens with one attached hydrogen (secondary N) is 3. The molecule has 0 saturated carbocycles. The van der Waals surface area contributed by atoms with Crippen LogP contribution in [0.4, 0.5) is 0 Å². The molecule has 0 heterocycles. The summed E-state index contributed by atoms with van der Waals surface area (Å²) in [5.74, 6) is -4.99. The maximum absolute atomic E-state index is 12.7. The maximum atomic E-state index is 12.7. The zero-order valence-corrected chi connectivity index (χ0v) is 18.0. The molecular weight excluding hydrogens is 420 g/mol. The topological polar surface area (TPSA) is 188 Å². The Bertz CT molecular complexity index is 814. The van der Waals surface area contributed by atoms with Crippen molar-refractivity contribution < 1.29 is 34.2 Å². The first kappa shape index (κ1) is 26.6. The molecule has 3 amide bonds. The van der Waals surface area contributed by atoms with Crippen molar-refractivity contribution in [2.45, 2.75) is 51.2 Å². The molecule has 0 aromatic heterocycles. The van der Waals surface area contributed by atoms with Gasteiger partial charge in [0.2, 0.25) is 17.7 Å². The van der Waals surface area contributed by atoms with E-state index in [1.54, 1.807) is 30.3 Å². The Kier molecular flexibility index (Phi) is 10.8. The summed E-state index contributed by atoms with van der Waals surface area (Å²) in [4.78, 5) is 59.9. The van der Waals surface area contributed by atoms with Crippen molar-refractivity contribution in [3.05, 3.63) is 35.9 Å². The van der Waals surface area contributed by atoms with Crippen LogP contribution in [-0.2, 0) is 30.4 Å². The molecule has 0 bridgehead atoms. The van der Waals surface area contributed by atoms with Crippen molar-refractivity contribution in [2.24, 2.45) is 11.7 Å². The first-order valence-corrected chi connectivity index (χ1v) is 10.1. The largest absolute Gasteiger partial charge is 0.481 e. The number of hydrogen-bond donors (Lipinski definition) is 6. The highest BCUT2D eigenvalue weighted by Gasteiger charge is 2.31. The molecule has 3 unspecified atom stereocenters. The summed E-state index contributed by atoms with van der Waals surface area (Å²) in [7, 11) is 0. The summed E-state index contributed by atoms with van der Waals surface area (Å²) in [5, 5.41) is 25.7. The Morgan fingerprint density at radius 3 is 1.94 bits per heavy atom. The molecule has 0 spiro atoms. The van der Waals surface area contributed by atoms with Crippen LogP contribution >= 0.6 is 0 Å². The molecule has 3 atom stereocenters. The van der Waals surface area contributed by atoms with Crippen LogP contribution in [0.5, 0.6) is 0 Å². The Morgan fingerprint density at radius 1 is 0.875 bits per heavy atom. The predicted molar refractivity (Wildman–Crippen MR) is 114 cm³/mol. The van der Waals surface area contributed by atoms with Crippen LogP contribution in [0.1, 0.15) is 32.3 Å². The van der Waals surface area contributed by atoms with Crippen molar-refractivity contribution in [2.75, 3.05) is 6.54 Å². The average molecular weight is 450 g/mol. The van der Waals surface area contributed by atoms with Crippen molar-refractivity contribution in [1.29, 1.82) is 0 Å². The van der Waals surface area contributed by atoms with Gasteiger partial charge in [-0.2, -0.15) is 0 Å². The normalized spacial score (nSPS) is 13.5. The molecule has 11 nitrogen and oxygen atoms in total. The minimum atomic E-state index is -1.54. The average Bonchev–Trinajstić information content (AvgIpc) is 2.72. The van der Waals surface area contributed by atoms with E-state index >= 15 is 0 Å². The number of aliphatic carboxylic acids is 2. The SMILES string of the molecule is CC(C)CC(NC(=O)CN)C(=O)NC(CC(=O)O)C(=O)NC(Cc1ccccc1)C(=O)O. The first-order chi connectivity index (χ1) is 15.0. The smallest absolute Gasteiger partial charge is 0.326 e. The molecule has 0 radical (unpaired) electrons. The molecule has 11 heteroatoms. The summed E-state index contributed by atoms with van der Waals surface area (Å²) in [6.07, 6.45) is -0.572. The van der Waals surface area contributed by atoms with E-state index in [1.165, 1.54) is 0 Å². The van der Waals surface area contributed by atoms with Crippen molar-refractivity contribution in [3.8, 4) is 0 Å². The summed E-state index contributed by atoms with van der Waals surface area (Å²) in [6, 6.07) is 4.66. The number of amides is 3. The second-order valence-electron chi connectivity index (χ2n) is 7.70. The van der Waals surface area contributed by atoms with Crippen LogP contribution in [0.25, 0.3) is 0 Å². The van der Waals surface area contributed by atoms with E-state index in [0.29, 0.717) is 5.56 Å². The quantitative estimate of drug-likeness (QED) is 0.226. The Labute approximate surface area is 185 Å². The zero-order valence-electron chi connectivity index (χ0n) is 18.0. The molecule has 1 rings (SSSR count). The van der Waals surface area contributed by atoms with Crippen LogP contribution in [0.2, 0.25) is 0 Å². The molecule has 0 saturated heterocycles. The molecule has 7 N–H and O–H groups in total. The maximum Gasteiger partial charge on any atom is 0.326 e. The van der Waals surface area contributed by atoms with Crippen LogP contribution < -0.4 is 21.7 Å². The number of nitrogens with two attached hydrogens (primary N) is 1. The molecule has 1 aromatic rings. The van der Waals surface area contributed by atoms with Crippen molar-refractivity contribution >= 4 is 29.7 Å². The van der Waals surface area contributed by atoms with E-state index in [-0.39, 0.29) is 25.3 Å². The fourth-order valence-electron chi connectivity index (χ4n) is 2.93. The van der Waals surface area contributed by atoms with Gasteiger partial charge in [0.1, 0.15) is 18.1 Å². The molecule has 0 aliphatic rings. The van der Waals surface area contributed by atoms with E-state index in [4.69, 9.17) is 10.8 Å². The highest BCUT2D eigenvalue weighted by molar-refractivity contribution is 5.95. The molecule has 176 valence electrons. The fourth-order valence-corrected chi connectivity index (χ4v) is 2.93. The highest BCUT2D eigenvalue weighted by Crippen LogP contribution is 2.08. The monoisotopic (exact) mass is 450 g/mol. The van der Waals surface area contributed by atoms with Crippen LogP contribution in [0, 0.1) is 5.92 Å². The van der Waals surface area contributed by atoms with E-state index in [2.05, 4.69) is 16.0 Å². The number of rotatable bonds is 13. The summed E-state index contributed by atoms with van der Waals surface area (Å²) < 4.78 is 0. The first-order valence-electron chi connectivity index (χ1n) is 10.1. The second-order valence-corrected chi connectivity index (χ2v) is 7.70. The van der Waals surface area contributed by atoms with Gasteiger partial charge in [-0.15, -0.1) is 0 Å². The van der Waals surface area contributed by atoms with Gasteiger partial charge in [0.15, 0.2) is 0 Å². The van der Waals surface area contributed by atoms with Gasteiger partial charge in [-0.25, -0.2) is 4.79 Å². The minimum absolute atomic E-state index is 0.00200. The third kappa shape index (κ3) is 9.56. The van der Waals surface area contributed by atoms with Gasteiger partial charge < -0.3 is 31.9 Å². The third-order valence-electron chi connectivity index (χ3n) is 4.45. The number of hydrogen-bond acceptors (Lipinski definition) is 6. The van der Waals surface area contributed by atoms with Crippen molar-refractivity contribution in [1.82, 2.24) is 16.0 Å². The van der Waals surface area contributed by atoms with Gasteiger partial charge in [0, 0.05) is 6.42 Å². The lowest BCUT2D eigenvalue weighted by molar-refractivity contribution is -0.143. The highest BCUT2D eigenvalue weighted by atomic mass is 16.4. The van der Waals surface area contributed by atoms with Crippen LogP contribution in [0.15, 0.2) is 30.3 Å². The molecule has 0 fully saturated rings. The Balaban J connectivity index is 2.97. The van der Waals surface area contributed by atoms with E-state index < -0.39 is 54.2 Å². The van der Waals surface area contributed by atoms with Gasteiger partial charge >= 0.3 is 11.9 Å². The summed E-state index contributed by atoms with van der Waals surface area (Å²) in [5.41, 5.74) is 5.93. The zero-order chi connectivity index (χ0) is 24.3. The molecule has 0 aliphatic carbocycles. The van der Waals surface area contributed by atoms with Crippen LogP contribution in [0.3, 0.4) is 0 Å². The minimum Gasteiger partial charge on any atom is -0.481 e. The summed E-state index contributed by atoms with van der Waals surface area (Å²) >= 11 is 0. The van der Waals surface area contributed by atoms with Crippen molar-refractivity contribution in [3.63, 3.8) is 0 Å². The predicted octanol–water partition coefficient (Wildman–Crippen LogP) is -0.752. The lowest BCUT2D eigenvalue weighted by atomic mass is 10.0. The van der Waals surface area contributed by atoms with E-state index in [9.17, 15) is 29.1 Å². The molecular formula is C21H30N4O7. The fraction of sp³-hybridized carbons (Fsp3) is 0.476. The number of carboxylic acid groups (broad SMARTS) is 2. The van der Waals surface area contributed by atoms with E-state index in [1.807, 2.05) is 13.8 Å². The number of carboxylic acids is 2. The van der Waals surface area contributed by atoms with Crippen LogP contribution in [-0.4, -0.2) is 64.5 Å². The van der Waals surface area contributed by atoms with Gasteiger partial charge in [-0.1, -0.05) is 44.2 Å². The number of benzene rings is 1. The van der Waals surface area contributed by atoms with Gasteiger partial charge in [0.05, 0.1) is 13.0 Å². The number of carbonyl (C=O) groups excluding carboxylic acids is 3.